The molecule has 1 N–H and O–H groups in total. The molecule has 2 rings (SSSR count). The summed E-state index contributed by atoms with van der Waals surface area (Å²) in [5.74, 6) is 0.612. The minimum atomic E-state index is 0.612. The molecular weight excluding hydrogens is 234 g/mol. The third-order valence-electron chi connectivity index (χ3n) is 3.02. The van der Waals surface area contributed by atoms with E-state index >= 15 is 0 Å². The highest BCUT2D eigenvalue weighted by Gasteiger charge is 1.97. The van der Waals surface area contributed by atoms with E-state index in [0.29, 0.717) is 5.92 Å². The molecule has 0 atom stereocenters. The Hall–Kier alpha value is -1.38. The summed E-state index contributed by atoms with van der Waals surface area (Å²) < 4.78 is 5.54. The number of fused-ring (bicyclic) bond motifs is 1. The SMILES string of the molecule is CC(C)COCCNCc1ccc2ccccc2c1. The van der Waals surface area contributed by atoms with E-state index < -0.39 is 0 Å². The second-order valence-electron chi connectivity index (χ2n) is 5.33. The van der Waals surface area contributed by atoms with E-state index in [4.69, 9.17) is 4.74 Å². The third-order valence-corrected chi connectivity index (χ3v) is 3.02. The van der Waals surface area contributed by atoms with Crippen LogP contribution < -0.4 is 5.32 Å². The molecule has 0 aromatic heterocycles. The molecule has 0 amide bonds. The molecule has 2 nitrogen and oxygen atoms in total. The summed E-state index contributed by atoms with van der Waals surface area (Å²) in [7, 11) is 0. The molecule has 2 aromatic carbocycles. The van der Waals surface area contributed by atoms with Gasteiger partial charge in [-0.1, -0.05) is 50.2 Å². The van der Waals surface area contributed by atoms with Crippen molar-refractivity contribution in [3.05, 3.63) is 48.0 Å². The number of hydrogen-bond acceptors (Lipinski definition) is 2. The summed E-state index contributed by atoms with van der Waals surface area (Å²) in [6.45, 7) is 7.77. The smallest absolute Gasteiger partial charge is 0.0591 e. The first-order valence-electron chi connectivity index (χ1n) is 7.02. The Balaban J connectivity index is 1.75. The second-order valence-corrected chi connectivity index (χ2v) is 5.33. The zero-order valence-electron chi connectivity index (χ0n) is 11.9. The normalized spacial score (nSPS) is 11.3. The van der Waals surface area contributed by atoms with Crippen LogP contribution in [0, 0.1) is 5.92 Å². The van der Waals surface area contributed by atoms with E-state index in [1.54, 1.807) is 0 Å². The van der Waals surface area contributed by atoms with Crippen molar-refractivity contribution in [2.24, 2.45) is 5.92 Å². The summed E-state index contributed by atoms with van der Waals surface area (Å²) in [4.78, 5) is 0. The largest absolute Gasteiger partial charge is 0.380 e. The molecular formula is C17H23NO. The van der Waals surface area contributed by atoms with Gasteiger partial charge in [-0.25, -0.2) is 0 Å². The molecule has 0 saturated heterocycles. The molecule has 0 aliphatic carbocycles. The summed E-state index contributed by atoms with van der Waals surface area (Å²) in [5.41, 5.74) is 1.32. The van der Waals surface area contributed by atoms with Gasteiger partial charge in [-0.2, -0.15) is 0 Å². The van der Waals surface area contributed by atoms with Gasteiger partial charge in [0.15, 0.2) is 0 Å². The van der Waals surface area contributed by atoms with Crippen LogP contribution >= 0.6 is 0 Å². The van der Waals surface area contributed by atoms with Gasteiger partial charge >= 0.3 is 0 Å². The van der Waals surface area contributed by atoms with Crippen molar-refractivity contribution >= 4 is 10.8 Å². The van der Waals surface area contributed by atoms with Gasteiger partial charge in [-0.15, -0.1) is 0 Å². The Kier molecular flexibility index (Phi) is 5.37. The van der Waals surface area contributed by atoms with Crippen LogP contribution in [0.1, 0.15) is 19.4 Å². The van der Waals surface area contributed by atoms with Crippen LogP contribution in [-0.2, 0) is 11.3 Å². The number of benzene rings is 2. The van der Waals surface area contributed by atoms with Crippen molar-refractivity contribution in [1.82, 2.24) is 5.32 Å². The Morgan fingerprint density at radius 3 is 2.63 bits per heavy atom. The van der Waals surface area contributed by atoms with E-state index in [-0.39, 0.29) is 0 Å². The van der Waals surface area contributed by atoms with Gasteiger partial charge in [0.2, 0.25) is 0 Å². The van der Waals surface area contributed by atoms with Gasteiger partial charge in [0.05, 0.1) is 6.61 Å². The first kappa shape index (κ1) is 14.0. The molecule has 0 bridgehead atoms. The van der Waals surface area contributed by atoms with Crippen molar-refractivity contribution in [3.8, 4) is 0 Å². The lowest BCUT2D eigenvalue weighted by Gasteiger charge is -2.08. The highest BCUT2D eigenvalue weighted by molar-refractivity contribution is 5.82. The zero-order valence-corrected chi connectivity index (χ0v) is 11.9. The van der Waals surface area contributed by atoms with Gasteiger partial charge in [0.1, 0.15) is 0 Å². The third kappa shape index (κ3) is 4.66. The van der Waals surface area contributed by atoms with E-state index in [2.05, 4.69) is 61.6 Å². The van der Waals surface area contributed by atoms with Crippen LogP contribution in [-0.4, -0.2) is 19.8 Å². The van der Waals surface area contributed by atoms with Gasteiger partial charge in [-0.05, 0) is 28.3 Å². The van der Waals surface area contributed by atoms with E-state index in [1.165, 1.54) is 16.3 Å². The van der Waals surface area contributed by atoms with E-state index in [9.17, 15) is 0 Å². The van der Waals surface area contributed by atoms with Crippen LogP contribution in [0.2, 0.25) is 0 Å². The van der Waals surface area contributed by atoms with Crippen LogP contribution in [0.3, 0.4) is 0 Å². The second kappa shape index (κ2) is 7.27. The van der Waals surface area contributed by atoms with Crippen molar-refractivity contribution in [2.75, 3.05) is 19.8 Å². The first-order chi connectivity index (χ1) is 9.25. The maximum absolute atomic E-state index is 5.54. The van der Waals surface area contributed by atoms with Crippen molar-refractivity contribution < 1.29 is 4.74 Å². The fourth-order valence-corrected chi connectivity index (χ4v) is 2.04. The molecule has 2 heteroatoms. The summed E-state index contributed by atoms with van der Waals surface area (Å²) in [6, 6.07) is 15.1. The number of rotatable bonds is 7. The van der Waals surface area contributed by atoms with Crippen molar-refractivity contribution in [2.45, 2.75) is 20.4 Å². The molecule has 0 aliphatic heterocycles. The predicted molar refractivity (Wildman–Crippen MR) is 81.3 cm³/mol. The minimum absolute atomic E-state index is 0.612. The molecule has 0 unspecified atom stereocenters. The van der Waals surface area contributed by atoms with Gasteiger partial charge < -0.3 is 10.1 Å². The Labute approximate surface area is 115 Å². The van der Waals surface area contributed by atoms with Crippen molar-refractivity contribution in [3.63, 3.8) is 0 Å². The first-order valence-corrected chi connectivity index (χ1v) is 7.02. The Morgan fingerprint density at radius 2 is 1.84 bits per heavy atom. The molecule has 0 saturated carbocycles. The molecule has 0 heterocycles. The molecule has 2 aromatic rings. The molecule has 0 aliphatic rings. The van der Waals surface area contributed by atoms with Crippen LogP contribution in [0.15, 0.2) is 42.5 Å². The number of ether oxygens (including phenoxy) is 1. The van der Waals surface area contributed by atoms with Gasteiger partial charge in [0, 0.05) is 19.7 Å². The average molecular weight is 257 g/mol. The highest BCUT2D eigenvalue weighted by Crippen LogP contribution is 2.15. The van der Waals surface area contributed by atoms with Gasteiger partial charge in [0.25, 0.3) is 0 Å². The van der Waals surface area contributed by atoms with Gasteiger partial charge in [-0.3, -0.25) is 0 Å². The maximum Gasteiger partial charge on any atom is 0.0591 e. The lowest BCUT2D eigenvalue weighted by molar-refractivity contribution is 0.111. The molecule has 0 fully saturated rings. The molecule has 102 valence electrons. The van der Waals surface area contributed by atoms with Crippen LogP contribution in [0.4, 0.5) is 0 Å². The predicted octanol–water partition coefficient (Wildman–Crippen LogP) is 3.60. The average Bonchev–Trinajstić information content (AvgIpc) is 2.42. The lowest BCUT2D eigenvalue weighted by Crippen LogP contribution is -2.20. The summed E-state index contributed by atoms with van der Waals surface area (Å²) >= 11 is 0. The standard InChI is InChI=1S/C17H23NO/c1-14(2)13-19-10-9-18-12-15-7-8-16-5-3-4-6-17(16)11-15/h3-8,11,14,18H,9-10,12-13H2,1-2H3. The number of hydrogen-bond donors (Lipinski definition) is 1. The maximum atomic E-state index is 5.54. The number of nitrogens with one attached hydrogen (secondary N) is 1. The monoisotopic (exact) mass is 257 g/mol. The topological polar surface area (TPSA) is 21.3 Å². The summed E-state index contributed by atoms with van der Waals surface area (Å²) in [6.07, 6.45) is 0. The molecule has 0 spiro atoms. The Bertz CT molecular complexity index is 507. The zero-order chi connectivity index (χ0) is 13.5. The van der Waals surface area contributed by atoms with Crippen molar-refractivity contribution in [1.29, 1.82) is 0 Å². The van der Waals surface area contributed by atoms with Crippen LogP contribution in [0.5, 0.6) is 0 Å². The van der Waals surface area contributed by atoms with E-state index in [0.717, 1.165) is 26.3 Å². The lowest BCUT2D eigenvalue weighted by atomic mass is 10.1. The van der Waals surface area contributed by atoms with Crippen LogP contribution in [0.25, 0.3) is 10.8 Å². The van der Waals surface area contributed by atoms with E-state index in [1.807, 2.05) is 0 Å². The fourth-order valence-electron chi connectivity index (χ4n) is 2.04. The molecule has 19 heavy (non-hydrogen) atoms. The quantitative estimate of drug-likeness (QED) is 0.765. The highest BCUT2D eigenvalue weighted by atomic mass is 16.5. The summed E-state index contributed by atoms with van der Waals surface area (Å²) in [5, 5.41) is 6.02. The fraction of sp³-hybridized carbons (Fsp3) is 0.412. The minimum Gasteiger partial charge on any atom is -0.380 e. The Morgan fingerprint density at radius 1 is 1.05 bits per heavy atom. The molecule has 0 radical (unpaired) electrons.